The third-order valence-corrected chi connectivity index (χ3v) is 6.63. The van der Waals surface area contributed by atoms with Crippen LogP contribution in [0.1, 0.15) is 43.2 Å². The predicted octanol–water partition coefficient (Wildman–Crippen LogP) is 3.48. The minimum absolute atomic E-state index is 0.154. The Morgan fingerprint density at radius 2 is 2.19 bits per heavy atom. The van der Waals surface area contributed by atoms with E-state index < -0.39 is 0 Å². The first kappa shape index (κ1) is 16.7. The summed E-state index contributed by atoms with van der Waals surface area (Å²) in [6, 6.07) is 8.06. The van der Waals surface area contributed by atoms with E-state index >= 15 is 0 Å². The molecule has 0 aromatic heterocycles. The van der Waals surface area contributed by atoms with Crippen LogP contribution in [0.5, 0.6) is 0 Å². The van der Waals surface area contributed by atoms with Gasteiger partial charge in [-0.05, 0) is 30.4 Å². The van der Waals surface area contributed by atoms with Gasteiger partial charge in [-0.3, -0.25) is 4.79 Å². The summed E-state index contributed by atoms with van der Waals surface area (Å²) in [7, 11) is 4.00. The van der Waals surface area contributed by atoms with Crippen molar-refractivity contribution in [3.05, 3.63) is 35.4 Å². The molecule has 1 heterocycles. The number of amides is 1. The number of hydrogen-bond donors (Lipinski definition) is 2. The van der Waals surface area contributed by atoms with Crippen LogP contribution in [-0.4, -0.2) is 16.9 Å². The summed E-state index contributed by atoms with van der Waals surface area (Å²) in [5, 5.41) is 3.81. The van der Waals surface area contributed by atoms with E-state index in [4.69, 9.17) is 5.73 Å². The van der Waals surface area contributed by atoms with Crippen molar-refractivity contribution < 1.29 is 4.79 Å². The summed E-state index contributed by atoms with van der Waals surface area (Å²) in [4.78, 5) is 11.8. The molecule has 0 aliphatic carbocycles. The van der Waals surface area contributed by atoms with Crippen molar-refractivity contribution >= 4 is 27.5 Å². The fourth-order valence-corrected chi connectivity index (χ4v) is 5.41. The van der Waals surface area contributed by atoms with E-state index in [0.717, 1.165) is 29.2 Å². The molecule has 1 aromatic rings. The monoisotopic (exact) mass is 324 g/mol. The molecule has 0 spiro atoms. The maximum atomic E-state index is 11.8. The van der Waals surface area contributed by atoms with Crippen molar-refractivity contribution in [3.63, 3.8) is 0 Å². The Labute approximate surface area is 135 Å². The van der Waals surface area contributed by atoms with E-state index in [1.807, 2.05) is 39.8 Å². The highest BCUT2D eigenvalue weighted by Crippen LogP contribution is 2.39. The molecule has 21 heavy (non-hydrogen) atoms. The number of carbonyl (C=O) groups excluding carboxylic acids is 1. The molecule has 1 unspecified atom stereocenters. The van der Waals surface area contributed by atoms with Crippen LogP contribution in [0.15, 0.2) is 24.3 Å². The Balaban J connectivity index is 1.58. The van der Waals surface area contributed by atoms with E-state index in [9.17, 15) is 4.79 Å². The molecule has 2 rings (SSSR count). The number of hydrogen-bond acceptors (Lipinski definition) is 4. The summed E-state index contributed by atoms with van der Waals surface area (Å²) in [5.41, 5.74) is 7.84. The predicted molar refractivity (Wildman–Crippen MR) is 93.1 cm³/mol. The van der Waals surface area contributed by atoms with Crippen molar-refractivity contribution in [1.82, 2.24) is 5.32 Å². The van der Waals surface area contributed by atoms with E-state index in [1.165, 1.54) is 18.6 Å². The molecule has 3 nitrogen and oxygen atoms in total. The first-order valence-electron chi connectivity index (χ1n) is 7.61. The van der Waals surface area contributed by atoms with Crippen LogP contribution in [0.4, 0.5) is 0 Å². The minimum Gasteiger partial charge on any atom is -0.352 e. The molecule has 1 saturated heterocycles. The van der Waals surface area contributed by atoms with Crippen LogP contribution in [0.2, 0.25) is 0 Å². The highest BCUT2D eigenvalue weighted by Gasteiger charge is 2.15. The van der Waals surface area contributed by atoms with E-state index in [0.29, 0.717) is 19.5 Å². The lowest BCUT2D eigenvalue weighted by Crippen LogP contribution is -2.22. The third-order valence-electron chi connectivity index (χ3n) is 3.62. The fraction of sp³-hybridized carbons (Fsp3) is 0.562. The zero-order valence-electron chi connectivity index (χ0n) is 12.3. The number of nitrogens with one attached hydrogen (secondary N) is 1. The Hall–Kier alpha value is -0.650. The highest BCUT2D eigenvalue weighted by molar-refractivity contribution is 8.77. The van der Waals surface area contributed by atoms with Gasteiger partial charge in [0, 0.05) is 30.5 Å². The van der Waals surface area contributed by atoms with Gasteiger partial charge in [0.1, 0.15) is 0 Å². The zero-order chi connectivity index (χ0) is 14.9. The molecule has 0 saturated carbocycles. The molecule has 1 amide bonds. The molecule has 1 atom stereocenters. The molecule has 116 valence electrons. The second-order valence-electron chi connectivity index (χ2n) is 5.38. The summed E-state index contributed by atoms with van der Waals surface area (Å²) < 4.78 is 0. The van der Waals surface area contributed by atoms with Gasteiger partial charge in [0.15, 0.2) is 0 Å². The summed E-state index contributed by atoms with van der Waals surface area (Å²) in [6.07, 6.45) is 5.38. The Bertz CT molecular complexity index is 448. The van der Waals surface area contributed by atoms with Crippen molar-refractivity contribution in [2.24, 2.45) is 5.73 Å². The van der Waals surface area contributed by atoms with E-state index in [1.54, 1.807) is 0 Å². The number of rotatable bonds is 8. The van der Waals surface area contributed by atoms with Gasteiger partial charge < -0.3 is 11.1 Å². The largest absolute Gasteiger partial charge is 0.352 e. The number of carbonyl (C=O) groups is 1. The van der Waals surface area contributed by atoms with Crippen molar-refractivity contribution in [3.8, 4) is 0 Å². The molecule has 1 aliphatic rings. The van der Waals surface area contributed by atoms with Crippen molar-refractivity contribution in [1.29, 1.82) is 0 Å². The average Bonchev–Trinajstić information content (AvgIpc) is 3.03. The Kier molecular flexibility index (Phi) is 7.47. The lowest BCUT2D eigenvalue weighted by atomic mass is 10.1. The molecule has 1 aliphatic heterocycles. The second-order valence-corrected chi connectivity index (χ2v) is 8.16. The topological polar surface area (TPSA) is 55.1 Å². The fourth-order valence-electron chi connectivity index (χ4n) is 2.38. The maximum absolute atomic E-state index is 11.8. The number of unbranched alkanes of at least 4 members (excludes halogenated alkanes) is 1. The normalized spacial score (nSPS) is 17.9. The molecular formula is C16H24N2OS2. The van der Waals surface area contributed by atoms with Gasteiger partial charge in [0.25, 0.3) is 0 Å². The first-order chi connectivity index (χ1) is 10.3. The standard InChI is InChI=1S/C16H24N2OS2/c17-11-13-4-3-5-14(10-13)12-18-16(19)7-2-1-6-15-8-9-20-21-15/h3-5,10,15H,1-2,6-9,11-12,17H2,(H,18,19). The highest BCUT2D eigenvalue weighted by atomic mass is 33.1. The van der Waals surface area contributed by atoms with Crippen LogP contribution in [0, 0.1) is 0 Å². The lowest BCUT2D eigenvalue weighted by Gasteiger charge is -2.08. The quantitative estimate of drug-likeness (QED) is 0.568. The summed E-state index contributed by atoms with van der Waals surface area (Å²) in [6.45, 7) is 1.14. The molecule has 3 N–H and O–H groups in total. The van der Waals surface area contributed by atoms with Gasteiger partial charge in [-0.2, -0.15) is 0 Å². The zero-order valence-corrected chi connectivity index (χ0v) is 14.0. The smallest absolute Gasteiger partial charge is 0.220 e. The molecular weight excluding hydrogens is 300 g/mol. The van der Waals surface area contributed by atoms with E-state index in [-0.39, 0.29) is 5.91 Å². The molecule has 1 aromatic carbocycles. The Morgan fingerprint density at radius 1 is 1.33 bits per heavy atom. The van der Waals surface area contributed by atoms with Crippen LogP contribution in [0.25, 0.3) is 0 Å². The third kappa shape index (κ3) is 6.32. The van der Waals surface area contributed by atoms with Crippen LogP contribution in [0.3, 0.4) is 0 Å². The minimum atomic E-state index is 0.154. The SMILES string of the molecule is NCc1cccc(CNC(=O)CCCCC2CCSS2)c1. The number of benzene rings is 1. The van der Waals surface area contributed by atoms with Gasteiger partial charge in [0.2, 0.25) is 5.91 Å². The van der Waals surface area contributed by atoms with Gasteiger partial charge >= 0.3 is 0 Å². The molecule has 0 radical (unpaired) electrons. The summed E-state index contributed by atoms with van der Waals surface area (Å²) >= 11 is 0. The molecule has 0 bridgehead atoms. The van der Waals surface area contributed by atoms with Gasteiger partial charge in [0.05, 0.1) is 0 Å². The molecule has 5 heteroatoms. The Morgan fingerprint density at radius 3 is 2.95 bits per heavy atom. The lowest BCUT2D eigenvalue weighted by molar-refractivity contribution is -0.121. The van der Waals surface area contributed by atoms with Gasteiger partial charge in [-0.1, -0.05) is 52.3 Å². The van der Waals surface area contributed by atoms with Gasteiger partial charge in [-0.15, -0.1) is 0 Å². The average molecular weight is 325 g/mol. The van der Waals surface area contributed by atoms with Crippen LogP contribution < -0.4 is 11.1 Å². The van der Waals surface area contributed by atoms with Gasteiger partial charge in [-0.25, -0.2) is 0 Å². The molecule has 1 fully saturated rings. The number of nitrogens with two attached hydrogens (primary N) is 1. The first-order valence-corrected chi connectivity index (χ1v) is 9.99. The second kappa shape index (κ2) is 9.38. The van der Waals surface area contributed by atoms with Crippen LogP contribution in [-0.2, 0) is 17.9 Å². The van der Waals surface area contributed by atoms with Crippen molar-refractivity contribution in [2.75, 3.05) is 5.75 Å². The maximum Gasteiger partial charge on any atom is 0.220 e. The van der Waals surface area contributed by atoms with E-state index in [2.05, 4.69) is 11.4 Å². The summed E-state index contributed by atoms with van der Waals surface area (Å²) in [5.74, 6) is 1.44. The van der Waals surface area contributed by atoms with Crippen LogP contribution >= 0.6 is 21.6 Å². The van der Waals surface area contributed by atoms with Crippen molar-refractivity contribution in [2.45, 2.75) is 50.4 Å².